The molecule has 0 aliphatic heterocycles. The van der Waals surface area contributed by atoms with Gasteiger partial charge in [0.05, 0.1) is 0 Å². The zero-order valence-electron chi connectivity index (χ0n) is 16.9. The van der Waals surface area contributed by atoms with Gasteiger partial charge in [0.2, 0.25) is 12.1 Å². The number of benzene rings is 1. The zero-order chi connectivity index (χ0) is 21.4. The Labute approximate surface area is 170 Å². The van der Waals surface area contributed by atoms with Crippen molar-refractivity contribution in [2.75, 3.05) is 0 Å². The second-order valence-corrected chi connectivity index (χ2v) is 7.74. The average Bonchev–Trinajstić information content (AvgIpc) is 3.22. The van der Waals surface area contributed by atoms with Crippen LogP contribution in [0.4, 0.5) is 0 Å². The molecule has 29 heavy (non-hydrogen) atoms. The molecule has 0 bridgehead atoms. The number of amides is 2. The highest BCUT2D eigenvalue weighted by molar-refractivity contribution is 5.90. The number of carbonyl (C=O) groups is 3. The Morgan fingerprint density at radius 2 is 1.79 bits per heavy atom. The topological polar surface area (TPSA) is 116 Å². The van der Waals surface area contributed by atoms with Gasteiger partial charge < -0.3 is 9.84 Å². The molecule has 8 heteroatoms. The minimum Gasteiger partial charge on any atom is -0.461 e. The molecule has 0 heterocycles. The van der Waals surface area contributed by atoms with Crippen LogP contribution in [0.5, 0.6) is 0 Å². The van der Waals surface area contributed by atoms with Crippen LogP contribution in [0.2, 0.25) is 0 Å². The van der Waals surface area contributed by atoms with Crippen LogP contribution in [0.1, 0.15) is 64.0 Å². The molecule has 0 spiro atoms. The van der Waals surface area contributed by atoms with Crippen molar-refractivity contribution >= 4 is 17.8 Å². The van der Waals surface area contributed by atoms with Crippen LogP contribution in [-0.4, -0.2) is 45.3 Å². The first-order valence-electron chi connectivity index (χ1n) is 10.0. The number of hydrogen-bond donors (Lipinski definition) is 3. The van der Waals surface area contributed by atoms with Crippen molar-refractivity contribution in [3.63, 3.8) is 0 Å². The first kappa shape index (κ1) is 22.8. The van der Waals surface area contributed by atoms with Crippen LogP contribution in [0.15, 0.2) is 30.3 Å². The maximum absolute atomic E-state index is 13.1. The first-order valence-corrected chi connectivity index (χ1v) is 10.0. The van der Waals surface area contributed by atoms with Crippen molar-refractivity contribution in [2.45, 2.75) is 70.7 Å². The normalized spacial score (nSPS) is 16.3. The van der Waals surface area contributed by atoms with Crippen LogP contribution in [0.25, 0.3) is 0 Å². The van der Waals surface area contributed by atoms with E-state index in [1.54, 1.807) is 30.3 Å². The summed E-state index contributed by atoms with van der Waals surface area (Å²) in [5, 5.41) is 19.4. The maximum Gasteiger partial charge on any atom is 0.333 e. The number of rotatable bonds is 9. The number of hydrogen-bond acceptors (Lipinski definition) is 6. The Balaban J connectivity index is 2.39. The average molecular weight is 406 g/mol. The number of esters is 1. The van der Waals surface area contributed by atoms with E-state index in [4.69, 9.17) is 9.94 Å². The summed E-state index contributed by atoms with van der Waals surface area (Å²) >= 11 is 0. The van der Waals surface area contributed by atoms with Gasteiger partial charge in [-0.25, -0.2) is 10.3 Å². The maximum atomic E-state index is 13.1. The van der Waals surface area contributed by atoms with Crippen molar-refractivity contribution in [1.82, 2.24) is 10.4 Å². The van der Waals surface area contributed by atoms with E-state index < -0.39 is 30.1 Å². The number of nitrogens with zero attached hydrogens (tertiary/aromatic N) is 1. The van der Waals surface area contributed by atoms with Gasteiger partial charge >= 0.3 is 5.97 Å². The second-order valence-electron chi connectivity index (χ2n) is 7.74. The van der Waals surface area contributed by atoms with Gasteiger partial charge in [-0.2, -0.15) is 0 Å². The highest BCUT2D eigenvalue weighted by Crippen LogP contribution is 2.29. The lowest BCUT2D eigenvalue weighted by Gasteiger charge is -2.34. The van der Waals surface area contributed by atoms with Crippen LogP contribution in [0, 0.1) is 5.92 Å². The highest BCUT2D eigenvalue weighted by Gasteiger charge is 2.40. The summed E-state index contributed by atoms with van der Waals surface area (Å²) in [4.78, 5) is 38.8. The predicted molar refractivity (Wildman–Crippen MR) is 104 cm³/mol. The summed E-state index contributed by atoms with van der Waals surface area (Å²) in [5.41, 5.74) is 1.76. The SMILES string of the molecule is CC(C)CCC(=O)N(C(C(=O)OC1CCCC1)c1ccccc1)[C@@H](O)C(=O)NO. The molecule has 160 valence electrons. The number of aliphatic hydroxyl groups is 1. The Morgan fingerprint density at radius 3 is 2.34 bits per heavy atom. The summed E-state index contributed by atoms with van der Waals surface area (Å²) in [6, 6.07) is 7.11. The van der Waals surface area contributed by atoms with Crippen LogP contribution in [0.3, 0.4) is 0 Å². The minimum absolute atomic E-state index is 0.0352. The van der Waals surface area contributed by atoms with Crippen LogP contribution in [-0.2, 0) is 19.1 Å². The van der Waals surface area contributed by atoms with E-state index in [1.165, 1.54) is 5.48 Å². The van der Waals surface area contributed by atoms with Crippen molar-refractivity contribution in [3.8, 4) is 0 Å². The third-order valence-electron chi connectivity index (χ3n) is 5.03. The van der Waals surface area contributed by atoms with Gasteiger partial charge in [-0.05, 0) is 43.6 Å². The molecule has 0 radical (unpaired) electrons. The zero-order valence-corrected chi connectivity index (χ0v) is 16.9. The van der Waals surface area contributed by atoms with Gasteiger partial charge in [-0.3, -0.25) is 19.7 Å². The van der Waals surface area contributed by atoms with Crippen molar-refractivity contribution in [1.29, 1.82) is 0 Å². The summed E-state index contributed by atoms with van der Waals surface area (Å²) in [5.74, 6) is -2.26. The largest absolute Gasteiger partial charge is 0.461 e. The van der Waals surface area contributed by atoms with Gasteiger partial charge in [0.25, 0.3) is 5.91 Å². The van der Waals surface area contributed by atoms with Gasteiger partial charge in [-0.15, -0.1) is 0 Å². The van der Waals surface area contributed by atoms with E-state index in [0.29, 0.717) is 12.0 Å². The molecule has 2 amide bonds. The number of aliphatic hydroxyl groups excluding tert-OH is 1. The molecule has 2 rings (SSSR count). The molecule has 0 aromatic heterocycles. The lowest BCUT2D eigenvalue weighted by molar-refractivity contribution is -0.174. The standard InChI is InChI=1S/C21H30N2O6/c1-14(2)12-13-17(24)23(20(26)19(25)22-28)18(15-8-4-3-5-9-15)21(27)29-16-10-6-7-11-16/h3-5,8-9,14,16,18,20,26,28H,6-7,10-13H2,1-2H3,(H,22,25)/t18?,20-/m0/s1. The minimum atomic E-state index is -2.04. The van der Waals surface area contributed by atoms with E-state index in [-0.39, 0.29) is 18.4 Å². The van der Waals surface area contributed by atoms with E-state index in [0.717, 1.165) is 30.6 Å². The monoisotopic (exact) mass is 406 g/mol. The molecule has 1 unspecified atom stereocenters. The fourth-order valence-electron chi connectivity index (χ4n) is 3.43. The lowest BCUT2D eigenvalue weighted by Crippen LogP contribution is -2.52. The van der Waals surface area contributed by atoms with Crippen LogP contribution >= 0.6 is 0 Å². The van der Waals surface area contributed by atoms with Crippen molar-refractivity contribution in [3.05, 3.63) is 35.9 Å². The van der Waals surface area contributed by atoms with Crippen molar-refractivity contribution < 1.29 is 29.4 Å². The molecule has 2 atom stereocenters. The molecule has 3 N–H and O–H groups in total. The van der Waals surface area contributed by atoms with E-state index in [2.05, 4.69) is 0 Å². The highest BCUT2D eigenvalue weighted by atomic mass is 16.5. The number of carbonyl (C=O) groups excluding carboxylic acids is 3. The Bertz CT molecular complexity index is 688. The third kappa shape index (κ3) is 6.27. The molecule has 1 aromatic rings. The molecular formula is C21H30N2O6. The summed E-state index contributed by atoms with van der Waals surface area (Å²) in [7, 11) is 0. The quantitative estimate of drug-likeness (QED) is 0.251. The first-order chi connectivity index (χ1) is 13.8. The smallest absolute Gasteiger partial charge is 0.333 e. The number of ether oxygens (including phenoxy) is 1. The number of hydroxylamine groups is 1. The summed E-state index contributed by atoms with van der Waals surface area (Å²) in [6.45, 7) is 3.88. The van der Waals surface area contributed by atoms with E-state index in [9.17, 15) is 19.5 Å². The van der Waals surface area contributed by atoms with Gasteiger partial charge in [0, 0.05) is 6.42 Å². The fourth-order valence-corrected chi connectivity index (χ4v) is 3.43. The fraction of sp³-hybridized carbons (Fsp3) is 0.571. The molecular weight excluding hydrogens is 376 g/mol. The Kier molecular flexibility index (Phi) is 8.60. The molecule has 1 aromatic carbocycles. The number of nitrogens with one attached hydrogen (secondary N) is 1. The van der Waals surface area contributed by atoms with Gasteiger partial charge in [0.1, 0.15) is 6.10 Å². The van der Waals surface area contributed by atoms with Gasteiger partial charge in [-0.1, -0.05) is 44.2 Å². The Hall–Kier alpha value is -2.45. The third-order valence-corrected chi connectivity index (χ3v) is 5.03. The van der Waals surface area contributed by atoms with Gasteiger partial charge in [0.15, 0.2) is 6.04 Å². The molecule has 1 saturated carbocycles. The summed E-state index contributed by atoms with van der Waals surface area (Å²) < 4.78 is 5.61. The second kappa shape index (κ2) is 10.9. The molecule has 0 saturated heterocycles. The molecule has 1 aliphatic rings. The van der Waals surface area contributed by atoms with E-state index in [1.807, 2.05) is 13.8 Å². The Morgan fingerprint density at radius 1 is 1.17 bits per heavy atom. The van der Waals surface area contributed by atoms with Crippen LogP contribution < -0.4 is 5.48 Å². The predicted octanol–water partition coefficient (Wildman–Crippen LogP) is 2.30. The van der Waals surface area contributed by atoms with Crippen molar-refractivity contribution in [2.24, 2.45) is 5.92 Å². The molecule has 1 aliphatic carbocycles. The molecule has 1 fully saturated rings. The molecule has 8 nitrogen and oxygen atoms in total. The lowest BCUT2D eigenvalue weighted by atomic mass is 10.0. The van der Waals surface area contributed by atoms with E-state index >= 15 is 0 Å². The summed E-state index contributed by atoms with van der Waals surface area (Å²) in [6.07, 6.45) is 1.67.